The molecule has 0 spiro atoms. The zero-order valence-electron chi connectivity index (χ0n) is 17.2. The number of carboxylic acids is 1. The Bertz CT molecular complexity index is 1140. The third-order valence-corrected chi connectivity index (χ3v) is 5.65. The lowest BCUT2D eigenvalue weighted by molar-refractivity contribution is -0.141. The van der Waals surface area contributed by atoms with E-state index in [-0.39, 0.29) is 12.5 Å². The second-order valence-electron chi connectivity index (χ2n) is 7.77. The highest BCUT2D eigenvalue weighted by Crippen LogP contribution is 2.34. The molecule has 1 amide bonds. The summed E-state index contributed by atoms with van der Waals surface area (Å²) in [7, 11) is 1.85. The fourth-order valence-electron chi connectivity index (χ4n) is 3.96. The van der Waals surface area contributed by atoms with Crippen LogP contribution in [0.5, 0.6) is 11.5 Å². The Hall–Kier alpha value is -3.55. The maximum absolute atomic E-state index is 12.9. The number of likely N-dealkylation sites (tertiary alicyclic amines) is 1. The number of aromatic nitrogens is 2. The molecule has 1 atom stereocenters. The Morgan fingerprint density at radius 3 is 2.57 bits per heavy atom. The quantitative estimate of drug-likeness (QED) is 0.686. The third-order valence-electron chi connectivity index (χ3n) is 5.65. The van der Waals surface area contributed by atoms with Gasteiger partial charge >= 0.3 is 5.97 Å². The normalized spacial score (nSPS) is 16.2. The van der Waals surface area contributed by atoms with Gasteiger partial charge in [0.15, 0.2) is 5.75 Å². The molecule has 0 radical (unpaired) electrons. The number of benzene rings is 2. The number of rotatable bonds is 4. The number of anilines is 1. The molecule has 156 valence electrons. The molecule has 1 aromatic heterocycles. The molecule has 1 aliphatic heterocycles. The third kappa shape index (κ3) is 3.34. The van der Waals surface area contributed by atoms with E-state index in [0.717, 1.165) is 16.6 Å². The van der Waals surface area contributed by atoms with Gasteiger partial charge in [-0.15, -0.1) is 0 Å². The number of nitrogens with two attached hydrogens (primary N) is 1. The van der Waals surface area contributed by atoms with Crippen molar-refractivity contribution in [1.82, 2.24) is 14.5 Å². The van der Waals surface area contributed by atoms with Crippen LogP contribution in [-0.4, -0.2) is 44.5 Å². The summed E-state index contributed by atoms with van der Waals surface area (Å²) < 4.78 is 7.99. The minimum absolute atomic E-state index is 0.156. The number of hydrogen-bond acceptors (Lipinski definition) is 5. The van der Waals surface area contributed by atoms with Crippen LogP contribution in [-0.2, 0) is 11.8 Å². The molecule has 1 saturated heterocycles. The van der Waals surface area contributed by atoms with E-state index >= 15 is 0 Å². The van der Waals surface area contributed by atoms with Gasteiger partial charge in [-0.25, -0.2) is 4.98 Å². The molecule has 1 fully saturated rings. The van der Waals surface area contributed by atoms with Gasteiger partial charge in [-0.05, 0) is 55.7 Å². The standard InChI is InChI=1S/C22H24N4O4/c1-12-9-15(20(27)26-8-7-14(11-26)21(28)29)10-13(2)19(12)30-17-6-4-5-16-18(17)24-22(23)25(16)3/h4-6,9-10,14H,7-8,11H2,1-3H3,(H2,23,24)(H,28,29). The van der Waals surface area contributed by atoms with Gasteiger partial charge in [0.2, 0.25) is 5.95 Å². The zero-order chi connectivity index (χ0) is 21.6. The molecule has 8 nitrogen and oxygen atoms in total. The first-order chi connectivity index (χ1) is 14.3. The van der Waals surface area contributed by atoms with Gasteiger partial charge in [-0.2, -0.15) is 0 Å². The van der Waals surface area contributed by atoms with Crippen LogP contribution in [0.4, 0.5) is 5.95 Å². The van der Waals surface area contributed by atoms with Crippen molar-refractivity contribution in [3.8, 4) is 11.5 Å². The van der Waals surface area contributed by atoms with Gasteiger partial charge in [-0.3, -0.25) is 9.59 Å². The van der Waals surface area contributed by atoms with E-state index < -0.39 is 11.9 Å². The average Bonchev–Trinajstić information content (AvgIpc) is 3.30. The van der Waals surface area contributed by atoms with Crippen LogP contribution in [0, 0.1) is 19.8 Å². The van der Waals surface area contributed by atoms with E-state index in [1.807, 2.05) is 39.1 Å². The van der Waals surface area contributed by atoms with Crippen LogP contribution in [0.3, 0.4) is 0 Å². The molecule has 3 aromatic rings. The fraction of sp³-hybridized carbons (Fsp3) is 0.318. The summed E-state index contributed by atoms with van der Waals surface area (Å²) in [5.74, 6) is 0.148. The van der Waals surface area contributed by atoms with E-state index in [1.165, 1.54) is 0 Å². The molecule has 4 rings (SSSR count). The summed E-state index contributed by atoms with van der Waals surface area (Å²) >= 11 is 0. The summed E-state index contributed by atoms with van der Waals surface area (Å²) in [6.07, 6.45) is 0.484. The fourth-order valence-corrected chi connectivity index (χ4v) is 3.96. The van der Waals surface area contributed by atoms with Gasteiger partial charge in [0.1, 0.15) is 11.3 Å². The Labute approximate surface area is 173 Å². The maximum Gasteiger partial charge on any atom is 0.308 e. The van der Waals surface area contributed by atoms with Gasteiger partial charge in [0.05, 0.1) is 11.4 Å². The summed E-state index contributed by atoms with van der Waals surface area (Å²) in [6.45, 7) is 4.47. The lowest BCUT2D eigenvalue weighted by atomic mass is 10.0. The number of nitrogens with zero attached hydrogens (tertiary/aromatic N) is 3. The van der Waals surface area contributed by atoms with Crippen molar-refractivity contribution in [1.29, 1.82) is 0 Å². The number of imidazole rings is 1. The van der Waals surface area contributed by atoms with Crippen molar-refractivity contribution in [2.24, 2.45) is 13.0 Å². The minimum atomic E-state index is -0.856. The monoisotopic (exact) mass is 408 g/mol. The molecule has 1 aliphatic rings. The Kier molecular flexibility index (Phi) is 4.85. The van der Waals surface area contributed by atoms with Crippen LogP contribution in [0.25, 0.3) is 11.0 Å². The second kappa shape index (κ2) is 7.37. The van der Waals surface area contributed by atoms with Crippen LogP contribution in [0.2, 0.25) is 0 Å². The zero-order valence-corrected chi connectivity index (χ0v) is 17.2. The summed E-state index contributed by atoms with van der Waals surface area (Å²) in [5, 5.41) is 9.17. The number of ether oxygens (including phenoxy) is 1. The predicted molar refractivity (Wildman–Crippen MR) is 113 cm³/mol. The minimum Gasteiger partial charge on any atom is -0.481 e. The van der Waals surface area contributed by atoms with E-state index in [9.17, 15) is 14.7 Å². The van der Waals surface area contributed by atoms with Crippen molar-refractivity contribution in [3.05, 3.63) is 47.0 Å². The topological polar surface area (TPSA) is 111 Å². The number of aliphatic carboxylic acids is 1. The average molecular weight is 408 g/mol. The highest BCUT2D eigenvalue weighted by atomic mass is 16.5. The summed E-state index contributed by atoms with van der Waals surface area (Å²) in [6, 6.07) is 9.21. The second-order valence-corrected chi connectivity index (χ2v) is 7.77. The molecule has 2 heterocycles. The molecular formula is C22H24N4O4. The molecule has 2 aromatic carbocycles. The smallest absolute Gasteiger partial charge is 0.308 e. The molecule has 3 N–H and O–H groups in total. The first-order valence-corrected chi connectivity index (χ1v) is 9.78. The van der Waals surface area contributed by atoms with E-state index in [2.05, 4.69) is 4.98 Å². The number of carbonyl (C=O) groups is 2. The maximum atomic E-state index is 12.9. The predicted octanol–water partition coefficient (Wildman–Crippen LogP) is 3.11. The van der Waals surface area contributed by atoms with E-state index in [0.29, 0.717) is 41.5 Å². The first kappa shape index (κ1) is 19.8. The molecule has 30 heavy (non-hydrogen) atoms. The highest BCUT2D eigenvalue weighted by molar-refractivity contribution is 5.95. The Morgan fingerprint density at radius 2 is 1.93 bits per heavy atom. The van der Waals surface area contributed by atoms with Crippen molar-refractivity contribution in [2.75, 3.05) is 18.8 Å². The van der Waals surface area contributed by atoms with E-state index in [4.69, 9.17) is 10.5 Å². The lowest BCUT2D eigenvalue weighted by Crippen LogP contribution is -2.30. The number of fused-ring (bicyclic) bond motifs is 1. The van der Waals surface area contributed by atoms with Crippen LogP contribution in [0.15, 0.2) is 30.3 Å². The number of hydrogen-bond donors (Lipinski definition) is 2. The highest BCUT2D eigenvalue weighted by Gasteiger charge is 2.31. The summed E-state index contributed by atoms with van der Waals surface area (Å²) in [4.78, 5) is 30.0. The first-order valence-electron chi connectivity index (χ1n) is 9.78. The molecule has 8 heteroatoms. The number of aryl methyl sites for hydroxylation is 3. The number of amides is 1. The molecular weight excluding hydrogens is 384 g/mol. The van der Waals surface area contributed by atoms with Crippen molar-refractivity contribution >= 4 is 28.9 Å². The molecule has 0 aliphatic carbocycles. The lowest BCUT2D eigenvalue weighted by Gasteiger charge is -2.18. The largest absolute Gasteiger partial charge is 0.481 e. The SMILES string of the molecule is Cc1cc(C(=O)N2CCC(C(=O)O)C2)cc(C)c1Oc1cccc2c1nc(N)n2C. The van der Waals surface area contributed by atoms with Crippen LogP contribution >= 0.6 is 0 Å². The van der Waals surface area contributed by atoms with Gasteiger partial charge < -0.3 is 25.0 Å². The van der Waals surface area contributed by atoms with Crippen molar-refractivity contribution in [3.63, 3.8) is 0 Å². The van der Waals surface area contributed by atoms with E-state index in [1.54, 1.807) is 21.6 Å². The molecule has 0 bridgehead atoms. The van der Waals surface area contributed by atoms with Gasteiger partial charge in [0.25, 0.3) is 5.91 Å². The summed E-state index contributed by atoms with van der Waals surface area (Å²) in [5.41, 5.74) is 9.63. The van der Waals surface area contributed by atoms with Crippen LogP contribution in [0.1, 0.15) is 27.9 Å². The van der Waals surface area contributed by atoms with Crippen LogP contribution < -0.4 is 10.5 Å². The van der Waals surface area contributed by atoms with Gasteiger partial charge in [-0.1, -0.05) is 6.07 Å². The number of nitrogen functional groups attached to an aromatic ring is 1. The molecule has 0 saturated carbocycles. The van der Waals surface area contributed by atoms with Crippen molar-refractivity contribution < 1.29 is 19.4 Å². The van der Waals surface area contributed by atoms with Crippen molar-refractivity contribution in [2.45, 2.75) is 20.3 Å². The van der Waals surface area contributed by atoms with Gasteiger partial charge in [0, 0.05) is 25.7 Å². The molecule has 1 unspecified atom stereocenters. The number of para-hydroxylation sites is 1. The Morgan fingerprint density at radius 1 is 1.23 bits per heavy atom. The number of carboxylic acid groups (broad SMARTS) is 1. The Balaban J connectivity index is 1.62. The number of carbonyl (C=O) groups excluding carboxylic acids is 1.